The van der Waals surface area contributed by atoms with Crippen molar-refractivity contribution in [1.29, 1.82) is 0 Å². The molecule has 1 saturated heterocycles. The van der Waals surface area contributed by atoms with Crippen molar-refractivity contribution in [2.75, 3.05) is 19.6 Å². The maximum atomic E-state index is 13.1. The molecule has 6 nitrogen and oxygen atoms in total. The lowest BCUT2D eigenvalue weighted by molar-refractivity contribution is 0.0854. The zero-order chi connectivity index (χ0) is 16.7. The molecule has 7 heteroatoms. The first-order chi connectivity index (χ1) is 11.6. The van der Waals surface area contributed by atoms with Crippen molar-refractivity contribution >= 4 is 21.1 Å². The van der Waals surface area contributed by atoms with Crippen LogP contribution in [0, 0.1) is 0 Å². The molecule has 2 aromatic heterocycles. The van der Waals surface area contributed by atoms with Crippen LogP contribution < -0.4 is 0 Å². The van der Waals surface area contributed by atoms with Crippen LogP contribution in [0.15, 0.2) is 29.4 Å². The van der Waals surface area contributed by atoms with E-state index in [0.29, 0.717) is 35.1 Å². The van der Waals surface area contributed by atoms with E-state index < -0.39 is 10.0 Å². The predicted molar refractivity (Wildman–Crippen MR) is 93.3 cm³/mol. The van der Waals surface area contributed by atoms with E-state index in [0.717, 1.165) is 6.54 Å². The minimum atomic E-state index is -3.49. The van der Waals surface area contributed by atoms with Crippen LogP contribution in [-0.2, 0) is 10.0 Å². The Balaban J connectivity index is 1.57. The highest BCUT2D eigenvalue weighted by molar-refractivity contribution is 7.89. The van der Waals surface area contributed by atoms with E-state index in [1.165, 1.54) is 25.7 Å². The van der Waals surface area contributed by atoms with Crippen molar-refractivity contribution in [1.82, 2.24) is 19.2 Å². The molecule has 1 aliphatic heterocycles. The second kappa shape index (κ2) is 6.13. The molecule has 4 rings (SSSR count). The van der Waals surface area contributed by atoms with Crippen molar-refractivity contribution in [2.24, 2.45) is 0 Å². The number of fused-ring (bicyclic) bond motifs is 1. The molecule has 0 bridgehead atoms. The molecule has 3 heterocycles. The van der Waals surface area contributed by atoms with Gasteiger partial charge >= 0.3 is 0 Å². The van der Waals surface area contributed by atoms with Crippen LogP contribution in [-0.4, -0.2) is 59.3 Å². The Bertz CT molecular complexity index is 826. The normalized spacial score (nSPS) is 24.8. The number of sulfonamides is 1. The van der Waals surface area contributed by atoms with Crippen molar-refractivity contribution in [3.05, 3.63) is 24.5 Å². The number of hydrogen-bond donors (Lipinski definition) is 1. The van der Waals surface area contributed by atoms with Gasteiger partial charge in [-0.15, -0.1) is 0 Å². The van der Waals surface area contributed by atoms with Crippen LogP contribution in [0.3, 0.4) is 0 Å². The Morgan fingerprint density at radius 3 is 2.79 bits per heavy atom. The summed E-state index contributed by atoms with van der Waals surface area (Å²) in [6.45, 7) is 4.10. The molecule has 2 aliphatic rings. The summed E-state index contributed by atoms with van der Waals surface area (Å²) >= 11 is 0. The minimum Gasteiger partial charge on any atom is -0.345 e. The zero-order valence-electron chi connectivity index (χ0n) is 14.0. The van der Waals surface area contributed by atoms with Gasteiger partial charge in [0.05, 0.1) is 0 Å². The van der Waals surface area contributed by atoms with Gasteiger partial charge < -0.3 is 4.98 Å². The van der Waals surface area contributed by atoms with Gasteiger partial charge in [-0.2, -0.15) is 4.31 Å². The van der Waals surface area contributed by atoms with E-state index in [2.05, 4.69) is 21.8 Å². The zero-order valence-corrected chi connectivity index (χ0v) is 14.8. The van der Waals surface area contributed by atoms with Gasteiger partial charge in [0.25, 0.3) is 0 Å². The van der Waals surface area contributed by atoms with Crippen LogP contribution in [0.25, 0.3) is 11.0 Å². The van der Waals surface area contributed by atoms with Gasteiger partial charge in [-0.3, -0.25) is 4.90 Å². The minimum absolute atomic E-state index is 0.264. The summed E-state index contributed by atoms with van der Waals surface area (Å²) in [6, 6.07) is 4.49. The summed E-state index contributed by atoms with van der Waals surface area (Å²) in [4.78, 5) is 10.0. The van der Waals surface area contributed by atoms with Crippen LogP contribution >= 0.6 is 0 Å². The highest BCUT2D eigenvalue weighted by atomic mass is 32.2. The predicted octanol–water partition coefficient (Wildman–Crippen LogP) is 2.20. The van der Waals surface area contributed by atoms with Crippen LogP contribution in [0.2, 0.25) is 0 Å². The van der Waals surface area contributed by atoms with Crippen molar-refractivity contribution < 1.29 is 8.42 Å². The smallest absolute Gasteiger partial charge is 0.245 e. The molecule has 0 amide bonds. The average Bonchev–Trinajstić information content (AvgIpc) is 3.24. The number of nitrogens with one attached hydrogen (secondary N) is 1. The molecular formula is C17H24N4O2S. The van der Waals surface area contributed by atoms with E-state index in [4.69, 9.17) is 0 Å². The second-order valence-corrected chi connectivity index (χ2v) is 8.85. The summed E-state index contributed by atoms with van der Waals surface area (Å²) < 4.78 is 27.8. The second-order valence-electron chi connectivity index (χ2n) is 6.94. The number of pyridine rings is 1. The molecule has 0 spiro atoms. The molecule has 1 N–H and O–H groups in total. The maximum Gasteiger partial charge on any atom is 0.245 e. The van der Waals surface area contributed by atoms with Gasteiger partial charge in [-0.25, -0.2) is 13.4 Å². The fourth-order valence-electron chi connectivity index (χ4n) is 4.22. The molecular weight excluding hydrogens is 324 g/mol. The lowest BCUT2D eigenvalue weighted by atomic mass is 10.1. The third kappa shape index (κ3) is 2.64. The number of aromatic nitrogens is 2. The van der Waals surface area contributed by atoms with Crippen LogP contribution in [0.5, 0.6) is 0 Å². The monoisotopic (exact) mass is 348 g/mol. The Kier molecular flexibility index (Phi) is 4.10. The van der Waals surface area contributed by atoms with Crippen molar-refractivity contribution in [2.45, 2.75) is 49.6 Å². The Morgan fingerprint density at radius 2 is 2.04 bits per heavy atom. The average molecular weight is 348 g/mol. The van der Waals surface area contributed by atoms with Crippen molar-refractivity contribution in [3.8, 4) is 0 Å². The largest absolute Gasteiger partial charge is 0.345 e. The first-order valence-electron chi connectivity index (χ1n) is 8.75. The molecule has 0 aromatic carbocycles. The molecule has 1 atom stereocenters. The number of hydrogen-bond acceptors (Lipinski definition) is 4. The fraction of sp³-hybridized carbons (Fsp3) is 0.588. The van der Waals surface area contributed by atoms with Gasteiger partial charge in [0, 0.05) is 49.5 Å². The third-order valence-electron chi connectivity index (χ3n) is 5.47. The van der Waals surface area contributed by atoms with Gasteiger partial charge in [-0.1, -0.05) is 12.8 Å². The number of nitrogens with zero attached hydrogens (tertiary/aromatic N) is 3. The SMILES string of the molecule is CC1CN(S(=O)(=O)c2c[nH]c3ncccc23)CCN1C1CCCC1. The number of rotatable bonds is 3. The number of aromatic amines is 1. The van der Waals surface area contributed by atoms with Gasteiger partial charge in [0.1, 0.15) is 10.5 Å². The standard InChI is InChI=1S/C17H24N4O2S/c1-13-12-20(9-10-21(13)14-5-2-3-6-14)24(22,23)16-11-19-17-15(16)7-4-8-18-17/h4,7-8,11,13-14H,2-3,5-6,9-10,12H2,1H3,(H,18,19). The van der Waals surface area contributed by atoms with Crippen LogP contribution in [0.4, 0.5) is 0 Å². The quantitative estimate of drug-likeness (QED) is 0.923. The van der Waals surface area contributed by atoms with Crippen LogP contribution in [0.1, 0.15) is 32.6 Å². The Hall–Kier alpha value is -1.44. The van der Waals surface area contributed by atoms with Crippen molar-refractivity contribution in [3.63, 3.8) is 0 Å². The number of piperazine rings is 1. The topological polar surface area (TPSA) is 69.3 Å². The molecule has 1 aliphatic carbocycles. The van der Waals surface area contributed by atoms with E-state index in [1.54, 1.807) is 22.8 Å². The van der Waals surface area contributed by atoms with Gasteiger partial charge in [-0.05, 0) is 31.9 Å². The molecule has 2 aromatic rings. The number of H-pyrrole nitrogens is 1. The van der Waals surface area contributed by atoms with Gasteiger partial charge in [0.2, 0.25) is 10.0 Å². The third-order valence-corrected chi connectivity index (χ3v) is 7.37. The fourth-order valence-corrected chi connectivity index (χ4v) is 5.88. The van der Waals surface area contributed by atoms with E-state index in [1.807, 2.05) is 6.07 Å². The Morgan fingerprint density at radius 1 is 1.25 bits per heavy atom. The first-order valence-corrected chi connectivity index (χ1v) is 10.2. The Labute approximate surface area is 142 Å². The lowest BCUT2D eigenvalue weighted by Crippen LogP contribution is -2.56. The molecule has 1 unspecified atom stereocenters. The van der Waals surface area contributed by atoms with E-state index >= 15 is 0 Å². The molecule has 2 fully saturated rings. The summed E-state index contributed by atoms with van der Waals surface area (Å²) in [5.41, 5.74) is 0.619. The van der Waals surface area contributed by atoms with Gasteiger partial charge in [0.15, 0.2) is 0 Å². The summed E-state index contributed by atoms with van der Waals surface area (Å²) in [7, 11) is -3.49. The molecule has 130 valence electrons. The summed E-state index contributed by atoms with van der Waals surface area (Å²) in [5.74, 6) is 0. The van der Waals surface area contributed by atoms with E-state index in [9.17, 15) is 8.42 Å². The molecule has 24 heavy (non-hydrogen) atoms. The maximum absolute atomic E-state index is 13.1. The summed E-state index contributed by atoms with van der Waals surface area (Å²) in [5, 5.41) is 0.670. The highest BCUT2D eigenvalue weighted by Gasteiger charge is 2.36. The lowest BCUT2D eigenvalue weighted by Gasteiger charge is -2.42. The molecule has 0 radical (unpaired) electrons. The van der Waals surface area contributed by atoms with E-state index in [-0.39, 0.29) is 6.04 Å². The summed E-state index contributed by atoms with van der Waals surface area (Å²) in [6.07, 6.45) is 8.35. The first kappa shape index (κ1) is 16.1. The molecule has 1 saturated carbocycles. The highest BCUT2D eigenvalue weighted by Crippen LogP contribution is 2.30.